The highest BCUT2D eigenvalue weighted by molar-refractivity contribution is 4.64. The Bertz CT molecular complexity index is 67.0. The van der Waals surface area contributed by atoms with E-state index in [1.54, 1.807) is 7.11 Å². The van der Waals surface area contributed by atoms with Crippen molar-refractivity contribution in [1.82, 2.24) is 0 Å². The molecule has 0 amide bonds. The van der Waals surface area contributed by atoms with Crippen molar-refractivity contribution in [2.75, 3.05) is 13.7 Å². The minimum Gasteiger partial charge on any atom is -0.385 e. The van der Waals surface area contributed by atoms with Crippen LogP contribution in [0, 0.1) is 5.41 Å². The fourth-order valence-electron chi connectivity index (χ4n) is 0.555. The molecule has 0 aromatic carbocycles. The first-order chi connectivity index (χ1) is 4.12. The number of hydrogen-bond donors (Lipinski definition) is 0. The zero-order valence-electron chi connectivity index (χ0n) is 7.03. The van der Waals surface area contributed by atoms with E-state index in [0.717, 1.165) is 6.61 Å². The first-order valence-corrected chi connectivity index (χ1v) is 3.61. The van der Waals surface area contributed by atoms with E-state index in [1.807, 2.05) is 0 Å². The normalized spacial score (nSPS) is 12.0. The molecule has 0 aromatic heterocycles. The van der Waals surface area contributed by atoms with Crippen molar-refractivity contribution in [3.63, 3.8) is 0 Å². The Morgan fingerprint density at radius 2 is 1.89 bits per heavy atom. The van der Waals surface area contributed by atoms with Gasteiger partial charge in [-0.3, -0.25) is 0 Å². The van der Waals surface area contributed by atoms with E-state index in [4.69, 9.17) is 4.74 Å². The van der Waals surface area contributed by atoms with Crippen LogP contribution in [-0.2, 0) is 4.74 Å². The fraction of sp³-hybridized carbons (Fsp3) is 1.00. The third-order valence-corrected chi connectivity index (χ3v) is 1.94. The van der Waals surface area contributed by atoms with Gasteiger partial charge in [-0.1, -0.05) is 27.2 Å². The van der Waals surface area contributed by atoms with Crippen molar-refractivity contribution in [3.8, 4) is 0 Å². The van der Waals surface area contributed by atoms with Crippen LogP contribution < -0.4 is 0 Å². The maximum atomic E-state index is 4.98. The zero-order chi connectivity index (χ0) is 7.33. The molecule has 1 nitrogen and oxygen atoms in total. The highest BCUT2D eigenvalue weighted by atomic mass is 16.5. The van der Waals surface area contributed by atoms with E-state index in [0.29, 0.717) is 5.41 Å². The van der Waals surface area contributed by atoms with E-state index in [1.165, 1.54) is 12.8 Å². The van der Waals surface area contributed by atoms with Gasteiger partial charge >= 0.3 is 0 Å². The number of ether oxygens (including phenoxy) is 1. The molecule has 56 valence electrons. The van der Waals surface area contributed by atoms with E-state index in [9.17, 15) is 0 Å². The van der Waals surface area contributed by atoms with Gasteiger partial charge in [0.1, 0.15) is 0 Å². The van der Waals surface area contributed by atoms with Crippen LogP contribution in [-0.4, -0.2) is 13.7 Å². The van der Waals surface area contributed by atoms with Crippen molar-refractivity contribution in [3.05, 3.63) is 0 Å². The molecule has 0 heterocycles. The first-order valence-electron chi connectivity index (χ1n) is 3.61. The van der Waals surface area contributed by atoms with Crippen molar-refractivity contribution >= 4 is 0 Å². The summed E-state index contributed by atoms with van der Waals surface area (Å²) in [7, 11) is 1.76. The van der Waals surface area contributed by atoms with Crippen molar-refractivity contribution in [1.29, 1.82) is 0 Å². The summed E-state index contributed by atoms with van der Waals surface area (Å²) < 4.78 is 4.98. The van der Waals surface area contributed by atoms with E-state index in [-0.39, 0.29) is 0 Å². The molecule has 0 aliphatic heterocycles. The molecule has 0 saturated carbocycles. The Labute approximate surface area is 58.4 Å². The zero-order valence-corrected chi connectivity index (χ0v) is 7.03. The van der Waals surface area contributed by atoms with Gasteiger partial charge in [0, 0.05) is 13.7 Å². The molecule has 0 radical (unpaired) electrons. The molecule has 0 N–H and O–H groups in total. The number of rotatable bonds is 4. The van der Waals surface area contributed by atoms with Crippen LogP contribution in [0.2, 0.25) is 0 Å². The van der Waals surface area contributed by atoms with Crippen LogP contribution in [0.25, 0.3) is 0 Å². The smallest absolute Gasteiger partial charge is 0.0467 e. The first kappa shape index (κ1) is 8.96. The van der Waals surface area contributed by atoms with Crippen LogP contribution in [0.1, 0.15) is 33.6 Å². The molecule has 0 saturated heterocycles. The molecule has 0 atom stereocenters. The number of hydrogen-bond acceptors (Lipinski definition) is 1. The van der Waals surface area contributed by atoms with Gasteiger partial charge in [0.25, 0.3) is 0 Å². The molecule has 0 aliphatic rings. The molecule has 0 unspecified atom stereocenters. The van der Waals surface area contributed by atoms with Crippen molar-refractivity contribution in [2.24, 2.45) is 5.41 Å². The van der Waals surface area contributed by atoms with Crippen LogP contribution in [0.3, 0.4) is 0 Å². The van der Waals surface area contributed by atoms with Crippen molar-refractivity contribution in [2.45, 2.75) is 33.6 Å². The van der Waals surface area contributed by atoms with Gasteiger partial charge in [0.2, 0.25) is 0 Å². The van der Waals surface area contributed by atoms with E-state index < -0.39 is 0 Å². The minimum absolute atomic E-state index is 0.468. The fourth-order valence-corrected chi connectivity index (χ4v) is 0.555. The highest BCUT2D eigenvalue weighted by Gasteiger charge is 2.13. The summed E-state index contributed by atoms with van der Waals surface area (Å²) in [6.45, 7) is 7.65. The van der Waals surface area contributed by atoms with Crippen LogP contribution in [0.15, 0.2) is 0 Å². The molecule has 0 fully saturated rings. The topological polar surface area (TPSA) is 9.23 Å². The molecule has 0 aliphatic carbocycles. The predicted molar refractivity (Wildman–Crippen MR) is 40.6 cm³/mol. The molecule has 0 aromatic rings. The lowest BCUT2D eigenvalue weighted by Gasteiger charge is -2.21. The Morgan fingerprint density at radius 1 is 1.33 bits per heavy atom. The molecule has 0 rings (SSSR count). The third-order valence-electron chi connectivity index (χ3n) is 1.94. The van der Waals surface area contributed by atoms with Crippen molar-refractivity contribution < 1.29 is 4.74 Å². The molecule has 0 spiro atoms. The van der Waals surface area contributed by atoms with Gasteiger partial charge in [0.15, 0.2) is 0 Å². The maximum absolute atomic E-state index is 4.98. The second-order valence-corrected chi connectivity index (χ2v) is 3.26. The molecule has 0 bridgehead atoms. The lowest BCUT2D eigenvalue weighted by Crippen LogP contribution is -2.12. The summed E-state index contributed by atoms with van der Waals surface area (Å²) in [5.74, 6) is 0. The summed E-state index contributed by atoms with van der Waals surface area (Å²) in [5, 5.41) is 0. The van der Waals surface area contributed by atoms with Gasteiger partial charge in [-0.2, -0.15) is 0 Å². The largest absolute Gasteiger partial charge is 0.385 e. The van der Waals surface area contributed by atoms with Crippen LogP contribution >= 0.6 is 0 Å². The predicted octanol–water partition coefficient (Wildman–Crippen LogP) is 2.46. The Kier molecular flexibility index (Phi) is 3.87. The van der Waals surface area contributed by atoms with Crippen LogP contribution in [0.5, 0.6) is 0 Å². The molecular weight excluding hydrogens is 112 g/mol. The SMILES string of the molecule is CCC(C)(C)CCOC. The van der Waals surface area contributed by atoms with E-state index >= 15 is 0 Å². The Hall–Kier alpha value is -0.0400. The summed E-state index contributed by atoms with van der Waals surface area (Å²) in [5.41, 5.74) is 0.468. The van der Waals surface area contributed by atoms with Gasteiger partial charge in [0.05, 0.1) is 0 Å². The summed E-state index contributed by atoms with van der Waals surface area (Å²) >= 11 is 0. The third kappa shape index (κ3) is 4.46. The lowest BCUT2D eigenvalue weighted by atomic mass is 9.87. The minimum atomic E-state index is 0.468. The molecular formula is C8H18O. The maximum Gasteiger partial charge on any atom is 0.0467 e. The standard InChI is InChI=1S/C8H18O/c1-5-8(2,3)6-7-9-4/h5-7H2,1-4H3. The summed E-state index contributed by atoms with van der Waals surface area (Å²) in [6.07, 6.45) is 2.40. The highest BCUT2D eigenvalue weighted by Crippen LogP contribution is 2.23. The Morgan fingerprint density at radius 3 is 2.22 bits per heavy atom. The Balaban J connectivity index is 3.33. The van der Waals surface area contributed by atoms with Crippen LogP contribution in [0.4, 0.5) is 0 Å². The lowest BCUT2D eigenvalue weighted by molar-refractivity contribution is 0.150. The monoisotopic (exact) mass is 130 g/mol. The second-order valence-electron chi connectivity index (χ2n) is 3.26. The average molecular weight is 130 g/mol. The van der Waals surface area contributed by atoms with E-state index in [2.05, 4.69) is 20.8 Å². The molecule has 9 heavy (non-hydrogen) atoms. The second kappa shape index (κ2) is 3.89. The summed E-state index contributed by atoms with van der Waals surface area (Å²) in [4.78, 5) is 0. The molecule has 1 heteroatoms. The van der Waals surface area contributed by atoms with Gasteiger partial charge in [-0.25, -0.2) is 0 Å². The number of methoxy groups -OCH3 is 1. The van der Waals surface area contributed by atoms with Gasteiger partial charge < -0.3 is 4.74 Å². The van der Waals surface area contributed by atoms with Gasteiger partial charge in [-0.15, -0.1) is 0 Å². The van der Waals surface area contributed by atoms with Gasteiger partial charge in [-0.05, 0) is 11.8 Å². The average Bonchev–Trinajstić information content (AvgIpc) is 1.84. The quantitative estimate of drug-likeness (QED) is 0.568. The summed E-state index contributed by atoms with van der Waals surface area (Å²) in [6, 6.07) is 0.